The number of rotatable bonds is 5. The molecular weight excluding hydrogens is 344 g/mol. The number of fused-ring (bicyclic) bond motifs is 1. The second kappa shape index (κ2) is 7.59. The second-order valence-electron chi connectivity index (χ2n) is 6.67. The summed E-state index contributed by atoms with van der Waals surface area (Å²) in [6.45, 7) is 4.36. The van der Waals surface area contributed by atoms with Gasteiger partial charge in [-0.25, -0.2) is 4.79 Å². The van der Waals surface area contributed by atoms with E-state index < -0.39 is 6.03 Å². The normalized spacial score (nSPS) is 13.1. The Morgan fingerprint density at radius 2 is 1.74 bits per heavy atom. The molecule has 2 aromatic rings. The van der Waals surface area contributed by atoms with Crippen molar-refractivity contribution in [2.24, 2.45) is 5.73 Å². The van der Waals surface area contributed by atoms with Gasteiger partial charge in [0.25, 0.3) is 11.8 Å². The lowest BCUT2D eigenvalue weighted by Gasteiger charge is -2.17. The van der Waals surface area contributed by atoms with E-state index in [-0.39, 0.29) is 17.9 Å². The van der Waals surface area contributed by atoms with Crippen LogP contribution in [-0.4, -0.2) is 28.8 Å². The van der Waals surface area contributed by atoms with Crippen molar-refractivity contribution in [2.75, 3.05) is 5.32 Å². The largest absolute Gasteiger partial charge is 0.334 e. The standard InChI is InChI=1S/C20H22N4O3/c1-12(2)24-18(25)16-7-6-15(9-17(16)19(24)26)23-20(27)22-11-14-5-3-4-13(8-14)10-21/h3-9,12H,10-11,21H2,1-2H3,(H2,22,23,27). The first kappa shape index (κ1) is 18.6. The van der Waals surface area contributed by atoms with E-state index in [4.69, 9.17) is 5.73 Å². The van der Waals surface area contributed by atoms with Gasteiger partial charge in [-0.05, 0) is 43.2 Å². The average Bonchev–Trinajstić information content (AvgIpc) is 2.90. The minimum Gasteiger partial charge on any atom is -0.334 e. The van der Waals surface area contributed by atoms with Crippen molar-refractivity contribution in [2.45, 2.75) is 33.0 Å². The molecule has 4 amide bonds. The zero-order valence-corrected chi connectivity index (χ0v) is 15.3. The Bertz CT molecular complexity index is 908. The van der Waals surface area contributed by atoms with E-state index in [1.165, 1.54) is 11.0 Å². The number of anilines is 1. The van der Waals surface area contributed by atoms with Gasteiger partial charge in [-0.2, -0.15) is 0 Å². The fraction of sp³-hybridized carbons (Fsp3) is 0.250. The van der Waals surface area contributed by atoms with Crippen LogP contribution in [0.1, 0.15) is 45.7 Å². The maximum Gasteiger partial charge on any atom is 0.319 e. The van der Waals surface area contributed by atoms with Crippen molar-refractivity contribution in [3.8, 4) is 0 Å². The van der Waals surface area contributed by atoms with E-state index in [0.717, 1.165) is 11.1 Å². The molecule has 0 spiro atoms. The van der Waals surface area contributed by atoms with Gasteiger partial charge in [-0.1, -0.05) is 24.3 Å². The van der Waals surface area contributed by atoms with Crippen LogP contribution in [0.5, 0.6) is 0 Å². The van der Waals surface area contributed by atoms with E-state index in [1.807, 2.05) is 24.3 Å². The Labute approximate surface area is 157 Å². The molecule has 0 saturated heterocycles. The molecule has 0 radical (unpaired) electrons. The minimum atomic E-state index is -0.398. The number of benzene rings is 2. The molecule has 1 heterocycles. The zero-order chi connectivity index (χ0) is 19.6. The molecule has 3 rings (SSSR count). The lowest BCUT2D eigenvalue weighted by atomic mass is 10.1. The lowest BCUT2D eigenvalue weighted by Crippen LogP contribution is -2.35. The maximum atomic E-state index is 12.4. The highest BCUT2D eigenvalue weighted by Crippen LogP contribution is 2.27. The highest BCUT2D eigenvalue weighted by molar-refractivity contribution is 6.22. The van der Waals surface area contributed by atoms with Crippen LogP contribution < -0.4 is 16.4 Å². The fourth-order valence-electron chi connectivity index (χ4n) is 3.03. The molecule has 0 atom stereocenters. The number of nitrogens with two attached hydrogens (primary N) is 1. The zero-order valence-electron chi connectivity index (χ0n) is 15.3. The van der Waals surface area contributed by atoms with Crippen molar-refractivity contribution in [3.63, 3.8) is 0 Å². The van der Waals surface area contributed by atoms with Gasteiger partial charge < -0.3 is 16.4 Å². The predicted molar refractivity (Wildman–Crippen MR) is 102 cm³/mol. The monoisotopic (exact) mass is 366 g/mol. The average molecular weight is 366 g/mol. The highest BCUT2D eigenvalue weighted by atomic mass is 16.2. The summed E-state index contributed by atoms with van der Waals surface area (Å²) >= 11 is 0. The van der Waals surface area contributed by atoms with E-state index in [2.05, 4.69) is 10.6 Å². The smallest absolute Gasteiger partial charge is 0.319 e. The van der Waals surface area contributed by atoms with Gasteiger partial charge in [0.2, 0.25) is 0 Å². The third-order valence-corrected chi connectivity index (χ3v) is 4.37. The van der Waals surface area contributed by atoms with E-state index in [1.54, 1.807) is 26.0 Å². The number of imide groups is 1. The Balaban J connectivity index is 1.66. The van der Waals surface area contributed by atoms with E-state index >= 15 is 0 Å². The number of amides is 4. The first-order valence-corrected chi connectivity index (χ1v) is 8.75. The molecule has 0 bridgehead atoms. The number of carbonyl (C=O) groups excluding carboxylic acids is 3. The molecule has 2 aromatic carbocycles. The second-order valence-corrected chi connectivity index (χ2v) is 6.67. The van der Waals surface area contributed by atoms with Crippen LogP contribution in [0.4, 0.5) is 10.5 Å². The van der Waals surface area contributed by atoms with Crippen molar-refractivity contribution in [3.05, 3.63) is 64.7 Å². The van der Waals surface area contributed by atoms with Crippen molar-refractivity contribution < 1.29 is 14.4 Å². The number of nitrogens with zero attached hydrogens (tertiary/aromatic N) is 1. The molecule has 7 nitrogen and oxygen atoms in total. The quantitative estimate of drug-likeness (QED) is 0.707. The first-order valence-electron chi connectivity index (χ1n) is 8.75. The highest BCUT2D eigenvalue weighted by Gasteiger charge is 2.37. The topological polar surface area (TPSA) is 105 Å². The van der Waals surface area contributed by atoms with Gasteiger partial charge in [-0.15, -0.1) is 0 Å². The van der Waals surface area contributed by atoms with Gasteiger partial charge in [0.1, 0.15) is 0 Å². The number of hydrogen-bond acceptors (Lipinski definition) is 4. The van der Waals surface area contributed by atoms with Crippen LogP contribution in [0.25, 0.3) is 0 Å². The van der Waals surface area contributed by atoms with Crippen LogP contribution in [-0.2, 0) is 13.1 Å². The Hall–Kier alpha value is -3.19. The molecule has 27 heavy (non-hydrogen) atoms. The van der Waals surface area contributed by atoms with Gasteiger partial charge in [0.15, 0.2) is 0 Å². The molecule has 7 heteroatoms. The van der Waals surface area contributed by atoms with Gasteiger partial charge in [-0.3, -0.25) is 14.5 Å². The molecule has 4 N–H and O–H groups in total. The number of urea groups is 1. The molecule has 1 aliphatic heterocycles. The van der Waals surface area contributed by atoms with Crippen LogP contribution >= 0.6 is 0 Å². The van der Waals surface area contributed by atoms with Crippen molar-refractivity contribution in [1.82, 2.24) is 10.2 Å². The predicted octanol–water partition coefficient (Wildman–Crippen LogP) is 2.47. The molecular formula is C20H22N4O3. The third kappa shape index (κ3) is 3.83. The summed E-state index contributed by atoms with van der Waals surface area (Å²) in [5.74, 6) is -0.645. The molecule has 0 fully saturated rings. The fourth-order valence-corrected chi connectivity index (χ4v) is 3.03. The third-order valence-electron chi connectivity index (χ3n) is 4.37. The van der Waals surface area contributed by atoms with Crippen molar-refractivity contribution in [1.29, 1.82) is 0 Å². The lowest BCUT2D eigenvalue weighted by molar-refractivity contribution is 0.0609. The Morgan fingerprint density at radius 3 is 2.44 bits per heavy atom. The molecule has 0 aromatic heterocycles. The van der Waals surface area contributed by atoms with Crippen LogP contribution in [0.2, 0.25) is 0 Å². The summed E-state index contributed by atoms with van der Waals surface area (Å²) in [5.41, 5.74) is 8.67. The molecule has 1 aliphatic rings. The van der Waals surface area contributed by atoms with E-state index in [9.17, 15) is 14.4 Å². The van der Waals surface area contributed by atoms with Gasteiger partial charge in [0, 0.05) is 24.8 Å². The van der Waals surface area contributed by atoms with Gasteiger partial charge in [0.05, 0.1) is 11.1 Å². The van der Waals surface area contributed by atoms with Crippen LogP contribution in [0.15, 0.2) is 42.5 Å². The Morgan fingerprint density at radius 1 is 1.04 bits per heavy atom. The summed E-state index contributed by atoms with van der Waals surface area (Å²) in [7, 11) is 0. The van der Waals surface area contributed by atoms with Crippen molar-refractivity contribution >= 4 is 23.5 Å². The number of carbonyl (C=O) groups is 3. The summed E-state index contributed by atoms with van der Waals surface area (Å²) in [6.07, 6.45) is 0. The molecule has 0 saturated carbocycles. The molecule has 0 aliphatic carbocycles. The molecule has 140 valence electrons. The minimum absolute atomic E-state index is 0.221. The SMILES string of the molecule is CC(C)N1C(=O)c2ccc(NC(=O)NCc3cccc(CN)c3)cc2C1=O. The number of nitrogens with one attached hydrogen (secondary N) is 2. The maximum absolute atomic E-state index is 12.4. The van der Waals surface area contributed by atoms with Gasteiger partial charge >= 0.3 is 6.03 Å². The van der Waals surface area contributed by atoms with E-state index in [0.29, 0.717) is 29.9 Å². The summed E-state index contributed by atoms with van der Waals surface area (Å²) in [6, 6.07) is 11.7. The first-order chi connectivity index (χ1) is 12.9. The summed E-state index contributed by atoms with van der Waals surface area (Å²) in [5, 5.41) is 5.45. The molecule has 0 unspecified atom stereocenters. The summed E-state index contributed by atoms with van der Waals surface area (Å²) in [4.78, 5) is 38.1. The Kier molecular flexibility index (Phi) is 5.23. The van der Waals surface area contributed by atoms with Crippen LogP contribution in [0, 0.1) is 0 Å². The van der Waals surface area contributed by atoms with Crippen LogP contribution in [0.3, 0.4) is 0 Å². The number of hydrogen-bond donors (Lipinski definition) is 3. The summed E-state index contributed by atoms with van der Waals surface area (Å²) < 4.78 is 0.